The molecule has 3 nitrogen and oxygen atoms in total. The summed E-state index contributed by atoms with van der Waals surface area (Å²) in [5, 5.41) is 0. The lowest BCUT2D eigenvalue weighted by atomic mass is 10.2. The van der Waals surface area contributed by atoms with Gasteiger partial charge in [-0.25, -0.2) is 0 Å². The van der Waals surface area contributed by atoms with Crippen LogP contribution >= 0.6 is 11.3 Å². The minimum atomic E-state index is 0.675. The fourth-order valence-electron chi connectivity index (χ4n) is 2.34. The Morgan fingerprint density at radius 2 is 2.12 bits per heavy atom. The molecule has 2 rings (SSSR count). The third kappa shape index (κ3) is 3.52. The molecule has 1 fully saturated rings. The van der Waals surface area contributed by atoms with Crippen LogP contribution in [0.25, 0.3) is 0 Å². The van der Waals surface area contributed by atoms with Gasteiger partial charge in [-0.2, -0.15) is 0 Å². The molecule has 0 saturated carbocycles. The SMILES string of the molecule is Cc1sc(CN)cc1CN1CCCN(C)CC1. The third-order valence-electron chi connectivity index (χ3n) is 3.48. The molecular formula is C13H23N3S. The van der Waals surface area contributed by atoms with Crippen LogP contribution in [0.4, 0.5) is 0 Å². The Morgan fingerprint density at radius 3 is 2.82 bits per heavy atom. The van der Waals surface area contributed by atoms with E-state index in [-0.39, 0.29) is 0 Å². The molecule has 0 aromatic carbocycles. The number of nitrogens with zero attached hydrogens (tertiary/aromatic N) is 2. The highest BCUT2D eigenvalue weighted by atomic mass is 32.1. The van der Waals surface area contributed by atoms with Crippen LogP contribution in [0.3, 0.4) is 0 Å². The van der Waals surface area contributed by atoms with Crippen molar-refractivity contribution in [3.63, 3.8) is 0 Å². The Labute approximate surface area is 108 Å². The Balaban J connectivity index is 1.97. The van der Waals surface area contributed by atoms with Gasteiger partial charge in [0, 0.05) is 35.9 Å². The van der Waals surface area contributed by atoms with E-state index in [1.54, 1.807) is 0 Å². The Bertz CT molecular complexity index is 362. The number of hydrogen-bond acceptors (Lipinski definition) is 4. The molecule has 0 amide bonds. The molecule has 2 heterocycles. The summed E-state index contributed by atoms with van der Waals surface area (Å²) in [5.74, 6) is 0. The van der Waals surface area contributed by atoms with Crippen molar-refractivity contribution in [3.8, 4) is 0 Å². The molecule has 96 valence electrons. The van der Waals surface area contributed by atoms with Gasteiger partial charge in [-0.3, -0.25) is 4.90 Å². The number of hydrogen-bond donors (Lipinski definition) is 1. The minimum absolute atomic E-state index is 0.675. The summed E-state index contributed by atoms with van der Waals surface area (Å²) in [6.45, 7) is 8.80. The summed E-state index contributed by atoms with van der Waals surface area (Å²) in [4.78, 5) is 7.73. The maximum Gasteiger partial charge on any atom is 0.0274 e. The van der Waals surface area contributed by atoms with Crippen LogP contribution < -0.4 is 5.73 Å². The molecular weight excluding hydrogens is 230 g/mol. The molecule has 0 radical (unpaired) electrons. The van der Waals surface area contributed by atoms with Crippen molar-refractivity contribution >= 4 is 11.3 Å². The van der Waals surface area contributed by atoms with Crippen LogP contribution in [0.5, 0.6) is 0 Å². The van der Waals surface area contributed by atoms with Gasteiger partial charge in [0.2, 0.25) is 0 Å². The van der Waals surface area contributed by atoms with Gasteiger partial charge in [0.1, 0.15) is 0 Å². The first-order valence-corrected chi connectivity index (χ1v) is 7.20. The van der Waals surface area contributed by atoms with E-state index < -0.39 is 0 Å². The van der Waals surface area contributed by atoms with Crippen molar-refractivity contribution in [2.45, 2.75) is 26.4 Å². The monoisotopic (exact) mass is 253 g/mol. The summed E-state index contributed by atoms with van der Waals surface area (Å²) < 4.78 is 0. The quantitative estimate of drug-likeness (QED) is 0.889. The lowest BCUT2D eigenvalue weighted by Gasteiger charge is -2.19. The maximum atomic E-state index is 5.70. The normalized spacial score (nSPS) is 19.5. The smallest absolute Gasteiger partial charge is 0.0274 e. The Hall–Kier alpha value is -0.420. The lowest BCUT2D eigenvalue weighted by molar-refractivity contribution is 0.269. The highest BCUT2D eigenvalue weighted by Crippen LogP contribution is 2.22. The van der Waals surface area contributed by atoms with Gasteiger partial charge in [-0.1, -0.05) is 0 Å². The molecule has 1 aromatic rings. The second-order valence-corrected chi connectivity index (χ2v) is 6.27. The fraction of sp³-hybridized carbons (Fsp3) is 0.692. The largest absolute Gasteiger partial charge is 0.326 e. The van der Waals surface area contributed by atoms with Crippen LogP contribution in [0, 0.1) is 6.92 Å². The molecule has 1 aliphatic heterocycles. The van der Waals surface area contributed by atoms with Gasteiger partial charge in [0.25, 0.3) is 0 Å². The van der Waals surface area contributed by atoms with Crippen molar-refractivity contribution in [1.82, 2.24) is 9.80 Å². The zero-order valence-corrected chi connectivity index (χ0v) is 11.7. The number of nitrogens with two attached hydrogens (primary N) is 1. The van der Waals surface area contributed by atoms with Crippen molar-refractivity contribution in [3.05, 3.63) is 21.4 Å². The third-order valence-corrected chi connectivity index (χ3v) is 4.59. The van der Waals surface area contributed by atoms with Crippen LogP contribution in [0.1, 0.15) is 21.7 Å². The van der Waals surface area contributed by atoms with Gasteiger partial charge in [0.05, 0.1) is 0 Å². The van der Waals surface area contributed by atoms with Gasteiger partial charge in [-0.05, 0) is 45.1 Å². The molecule has 0 aliphatic carbocycles. The zero-order valence-electron chi connectivity index (χ0n) is 10.9. The molecule has 0 bridgehead atoms. The topological polar surface area (TPSA) is 32.5 Å². The number of rotatable bonds is 3. The molecule has 17 heavy (non-hydrogen) atoms. The van der Waals surface area contributed by atoms with Gasteiger partial charge in [-0.15, -0.1) is 11.3 Å². The summed E-state index contributed by atoms with van der Waals surface area (Å²) in [6.07, 6.45) is 1.28. The molecule has 1 saturated heterocycles. The van der Waals surface area contributed by atoms with Crippen molar-refractivity contribution in [2.24, 2.45) is 5.73 Å². The van der Waals surface area contributed by atoms with Gasteiger partial charge < -0.3 is 10.6 Å². The molecule has 4 heteroatoms. The van der Waals surface area contributed by atoms with Crippen molar-refractivity contribution in [1.29, 1.82) is 0 Å². The van der Waals surface area contributed by atoms with E-state index in [0.717, 1.165) is 6.54 Å². The average molecular weight is 253 g/mol. The van der Waals surface area contributed by atoms with Crippen LogP contribution in [0.15, 0.2) is 6.07 Å². The molecule has 1 aliphatic rings. The highest BCUT2D eigenvalue weighted by Gasteiger charge is 2.14. The second kappa shape index (κ2) is 5.96. The number of likely N-dealkylation sites (N-methyl/N-ethyl adjacent to an activating group) is 1. The van der Waals surface area contributed by atoms with Crippen molar-refractivity contribution < 1.29 is 0 Å². The van der Waals surface area contributed by atoms with Crippen LogP contribution in [-0.2, 0) is 13.1 Å². The first-order valence-electron chi connectivity index (χ1n) is 6.38. The second-order valence-electron chi connectivity index (χ2n) is 4.93. The summed E-state index contributed by atoms with van der Waals surface area (Å²) in [6, 6.07) is 2.29. The molecule has 2 N–H and O–H groups in total. The molecule has 1 aromatic heterocycles. The lowest BCUT2D eigenvalue weighted by Crippen LogP contribution is -2.28. The van der Waals surface area contributed by atoms with E-state index in [2.05, 4.69) is 29.8 Å². The van der Waals surface area contributed by atoms with E-state index in [9.17, 15) is 0 Å². The Morgan fingerprint density at radius 1 is 1.29 bits per heavy atom. The first-order chi connectivity index (χ1) is 8.19. The average Bonchev–Trinajstić information content (AvgIpc) is 2.53. The fourth-order valence-corrected chi connectivity index (χ4v) is 3.28. The van der Waals surface area contributed by atoms with E-state index in [0.29, 0.717) is 6.54 Å². The molecule has 0 atom stereocenters. The summed E-state index contributed by atoms with van der Waals surface area (Å²) >= 11 is 1.85. The number of thiophene rings is 1. The maximum absolute atomic E-state index is 5.70. The number of aryl methyl sites for hydroxylation is 1. The van der Waals surface area contributed by atoms with Gasteiger partial charge >= 0.3 is 0 Å². The van der Waals surface area contributed by atoms with E-state index in [1.165, 1.54) is 47.9 Å². The van der Waals surface area contributed by atoms with Gasteiger partial charge in [0.15, 0.2) is 0 Å². The van der Waals surface area contributed by atoms with E-state index in [1.807, 2.05) is 11.3 Å². The van der Waals surface area contributed by atoms with Crippen LogP contribution in [-0.4, -0.2) is 43.0 Å². The Kier molecular flexibility index (Phi) is 4.56. The molecule has 0 unspecified atom stereocenters. The summed E-state index contributed by atoms with van der Waals surface area (Å²) in [7, 11) is 2.21. The molecule has 0 spiro atoms. The summed E-state index contributed by atoms with van der Waals surface area (Å²) in [5.41, 5.74) is 7.17. The highest BCUT2D eigenvalue weighted by molar-refractivity contribution is 7.12. The van der Waals surface area contributed by atoms with E-state index >= 15 is 0 Å². The predicted molar refractivity (Wildman–Crippen MR) is 74.3 cm³/mol. The minimum Gasteiger partial charge on any atom is -0.326 e. The van der Waals surface area contributed by atoms with Crippen molar-refractivity contribution in [2.75, 3.05) is 33.2 Å². The van der Waals surface area contributed by atoms with Crippen LogP contribution in [0.2, 0.25) is 0 Å². The van der Waals surface area contributed by atoms with E-state index in [4.69, 9.17) is 5.73 Å². The first kappa shape index (κ1) is 13.0. The standard InChI is InChI=1S/C13H23N3S/c1-11-12(8-13(9-14)17-11)10-16-5-3-4-15(2)6-7-16/h8H,3-7,9-10,14H2,1-2H3. The predicted octanol–water partition coefficient (Wildman–Crippen LogP) is 1.65. The zero-order chi connectivity index (χ0) is 12.3.